The van der Waals surface area contributed by atoms with Gasteiger partial charge in [-0.2, -0.15) is 0 Å². The summed E-state index contributed by atoms with van der Waals surface area (Å²) in [7, 11) is 1.69. The van der Waals surface area contributed by atoms with Crippen molar-refractivity contribution < 1.29 is 14.3 Å². The molecule has 2 atom stereocenters. The van der Waals surface area contributed by atoms with Crippen LogP contribution in [0.5, 0.6) is 11.5 Å². The van der Waals surface area contributed by atoms with E-state index in [2.05, 4.69) is 56.2 Å². The maximum Gasteiger partial charge on any atom is 0.163 e. The summed E-state index contributed by atoms with van der Waals surface area (Å²) in [5, 5.41) is 0. The Morgan fingerprint density at radius 1 is 1.11 bits per heavy atom. The number of nitrogens with one attached hydrogen (secondary N) is 1. The van der Waals surface area contributed by atoms with E-state index in [1.807, 2.05) is 18.3 Å². The quantitative estimate of drug-likeness (QED) is 0.463. The molecule has 0 amide bonds. The molecule has 7 nitrogen and oxygen atoms in total. The van der Waals surface area contributed by atoms with Crippen LogP contribution < -0.4 is 14.4 Å². The van der Waals surface area contributed by atoms with Crippen LogP contribution in [0.4, 0.5) is 5.69 Å². The third kappa shape index (κ3) is 5.35. The van der Waals surface area contributed by atoms with Gasteiger partial charge in [0.15, 0.2) is 11.5 Å². The molecule has 5 rings (SSSR count). The van der Waals surface area contributed by atoms with E-state index in [1.165, 1.54) is 18.4 Å². The van der Waals surface area contributed by atoms with Gasteiger partial charge >= 0.3 is 0 Å². The molecular weight excluding hydrogens is 440 g/mol. The van der Waals surface area contributed by atoms with E-state index in [0.717, 1.165) is 68.1 Å². The standard InChI is InChI=1S/C28H34N4O3/c1-34-27-12-11-22(16-28(27)35-24-9-5-6-10-24)31-13-14-32(26(19-33)25-17-29-20-30-25)23(18-31)15-21-7-3-2-4-8-21/h2-4,7-8,11-12,16-17,19-20,23-24,26H,5-6,9-10,13-15,18H2,1H3,(H,29,30)/t23-,26?/m0/s1. The first kappa shape index (κ1) is 23.4. The SMILES string of the molecule is COc1ccc(N2CCN(C(C=O)c3c[nH]cn3)[C@@H](Cc3ccccc3)C2)cc1OC1CCCC1. The van der Waals surface area contributed by atoms with Crippen molar-refractivity contribution in [1.82, 2.24) is 14.9 Å². The molecule has 1 unspecified atom stereocenters. The largest absolute Gasteiger partial charge is 0.493 e. The monoisotopic (exact) mass is 474 g/mol. The number of hydrogen-bond donors (Lipinski definition) is 1. The average molecular weight is 475 g/mol. The minimum Gasteiger partial charge on any atom is -0.493 e. The third-order valence-electron chi connectivity index (χ3n) is 7.26. The molecule has 3 aromatic rings. The Hall–Kier alpha value is -3.32. The number of carbonyl (C=O) groups excluding carboxylic acids is 1. The van der Waals surface area contributed by atoms with Crippen molar-refractivity contribution in [2.45, 2.75) is 50.3 Å². The lowest BCUT2D eigenvalue weighted by atomic mass is 9.99. The summed E-state index contributed by atoms with van der Waals surface area (Å²) in [6.07, 6.45) is 10.3. The second-order valence-corrected chi connectivity index (χ2v) is 9.46. The topological polar surface area (TPSA) is 70.7 Å². The summed E-state index contributed by atoms with van der Waals surface area (Å²) in [5.41, 5.74) is 3.15. The van der Waals surface area contributed by atoms with E-state index in [4.69, 9.17) is 9.47 Å². The van der Waals surface area contributed by atoms with Gasteiger partial charge in [0.25, 0.3) is 0 Å². The zero-order chi connectivity index (χ0) is 24.0. The molecule has 1 N–H and O–H groups in total. The van der Waals surface area contributed by atoms with Crippen LogP contribution in [0.15, 0.2) is 61.1 Å². The number of methoxy groups -OCH3 is 1. The molecule has 2 aromatic carbocycles. The summed E-state index contributed by atoms with van der Waals surface area (Å²) in [5.74, 6) is 1.60. The van der Waals surface area contributed by atoms with Gasteiger partial charge in [-0.05, 0) is 49.8 Å². The van der Waals surface area contributed by atoms with Crippen molar-refractivity contribution >= 4 is 12.0 Å². The highest BCUT2D eigenvalue weighted by atomic mass is 16.5. The molecule has 1 aliphatic heterocycles. The number of nitrogens with zero attached hydrogens (tertiary/aromatic N) is 3. The highest BCUT2D eigenvalue weighted by Crippen LogP contribution is 2.36. The Morgan fingerprint density at radius 2 is 1.94 bits per heavy atom. The zero-order valence-corrected chi connectivity index (χ0v) is 20.3. The zero-order valence-electron chi connectivity index (χ0n) is 20.3. The Balaban J connectivity index is 1.39. The highest BCUT2D eigenvalue weighted by molar-refractivity contribution is 5.61. The van der Waals surface area contributed by atoms with Crippen LogP contribution in [0.1, 0.15) is 43.0 Å². The molecule has 0 radical (unpaired) electrons. The first-order valence-electron chi connectivity index (χ1n) is 12.6. The van der Waals surface area contributed by atoms with E-state index in [9.17, 15) is 4.79 Å². The van der Waals surface area contributed by atoms with Gasteiger partial charge in [0, 0.05) is 43.6 Å². The molecule has 2 heterocycles. The van der Waals surface area contributed by atoms with Gasteiger partial charge < -0.3 is 24.2 Å². The smallest absolute Gasteiger partial charge is 0.163 e. The van der Waals surface area contributed by atoms with Gasteiger partial charge in [0.1, 0.15) is 12.3 Å². The number of aromatic nitrogens is 2. The van der Waals surface area contributed by atoms with Gasteiger partial charge in [-0.15, -0.1) is 0 Å². The number of carbonyl (C=O) groups is 1. The molecule has 1 aliphatic carbocycles. The molecule has 7 heteroatoms. The average Bonchev–Trinajstić information content (AvgIpc) is 3.61. The van der Waals surface area contributed by atoms with E-state index in [1.54, 1.807) is 13.4 Å². The van der Waals surface area contributed by atoms with E-state index in [0.29, 0.717) is 0 Å². The van der Waals surface area contributed by atoms with Crippen LogP contribution in [0, 0.1) is 0 Å². The number of imidazole rings is 1. The normalized spacial score (nSPS) is 20.0. The van der Waals surface area contributed by atoms with Crippen LogP contribution in [0.25, 0.3) is 0 Å². The lowest BCUT2D eigenvalue weighted by molar-refractivity contribution is -0.113. The molecule has 0 spiro atoms. The number of anilines is 1. The minimum atomic E-state index is -0.366. The molecule has 0 bridgehead atoms. The van der Waals surface area contributed by atoms with Gasteiger partial charge in [0.2, 0.25) is 0 Å². The van der Waals surface area contributed by atoms with Crippen molar-refractivity contribution in [3.8, 4) is 11.5 Å². The lowest BCUT2D eigenvalue weighted by Gasteiger charge is -2.44. The fourth-order valence-corrected chi connectivity index (χ4v) is 5.43. The number of aldehydes is 1. The number of piperazine rings is 1. The van der Waals surface area contributed by atoms with Gasteiger partial charge in [-0.25, -0.2) is 4.98 Å². The number of rotatable bonds is 9. The van der Waals surface area contributed by atoms with Crippen LogP contribution in [0.2, 0.25) is 0 Å². The number of benzene rings is 2. The van der Waals surface area contributed by atoms with Crippen molar-refractivity contribution in [2.75, 3.05) is 31.6 Å². The Bertz CT molecular complexity index is 1080. The molecule has 2 aliphatic rings. The van der Waals surface area contributed by atoms with Crippen LogP contribution in [-0.2, 0) is 11.2 Å². The van der Waals surface area contributed by atoms with Crippen molar-refractivity contribution in [3.63, 3.8) is 0 Å². The molecule has 184 valence electrons. The van der Waals surface area contributed by atoms with Crippen LogP contribution in [0.3, 0.4) is 0 Å². The molecule has 35 heavy (non-hydrogen) atoms. The number of ether oxygens (including phenoxy) is 2. The minimum absolute atomic E-state index is 0.152. The predicted molar refractivity (Wildman–Crippen MR) is 136 cm³/mol. The van der Waals surface area contributed by atoms with E-state index >= 15 is 0 Å². The van der Waals surface area contributed by atoms with Crippen molar-refractivity contribution in [2.24, 2.45) is 0 Å². The lowest BCUT2D eigenvalue weighted by Crippen LogP contribution is -2.55. The molecular formula is C28H34N4O3. The van der Waals surface area contributed by atoms with Crippen molar-refractivity contribution in [1.29, 1.82) is 0 Å². The van der Waals surface area contributed by atoms with Gasteiger partial charge in [-0.1, -0.05) is 30.3 Å². The maximum atomic E-state index is 12.2. The maximum absolute atomic E-state index is 12.2. The number of H-pyrrole nitrogens is 1. The first-order chi connectivity index (χ1) is 17.2. The number of aromatic amines is 1. The summed E-state index contributed by atoms with van der Waals surface area (Å²) in [6.45, 7) is 2.38. The highest BCUT2D eigenvalue weighted by Gasteiger charge is 2.34. The third-order valence-corrected chi connectivity index (χ3v) is 7.26. The van der Waals surface area contributed by atoms with Crippen molar-refractivity contribution in [3.05, 3.63) is 72.3 Å². The Kier molecular flexibility index (Phi) is 7.33. The summed E-state index contributed by atoms with van der Waals surface area (Å²) in [6, 6.07) is 16.5. The predicted octanol–water partition coefficient (Wildman–Crippen LogP) is 4.41. The molecule has 1 saturated carbocycles. The number of hydrogen-bond acceptors (Lipinski definition) is 6. The summed E-state index contributed by atoms with van der Waals surface area (Å²) >= 11 is 0. The fraction of sp³-hybridized carbons (Fsp3) is 0.429. The van der Waals surface area contributed by atoms with E-state index < -0.39 is 0 Å². The second-order valence-electron chi connectivity index (χ2n) is 9.46. The van der Waals surface area contributed by atoms with Gasteiger partial charge in [0.05, 0.1) is 25.2 Å². The van der Waals surface area contributed by atoms with Crippen LogP contribution in [-0.4, -0.2) is 60.0 Å². The molecule has 2 fully saturated rings. The van der Waals surface area contributed by atoms with Crippen LogP contribution >= 0.6 is 0 Å². The molecule has 1 aromatic heterocycles. The fourth-order valence-electron chi connectivity index (χ4n) is 5.43. The Labute approximate surface area is 207 Å². The first-order valence-corrected chi connectivity index (χ1v) is 12.6. The Morgan fingerprint density at radius 3 is 2.66 bits per heavy atom. The second kappa shape index (κ2) is 11.0. The summed E-state index contributed by atoms with van der Waals surface area (Å²) < 4.78 is 12.0. The molecule has 1 saturated heterocycles. The summed E-state index contributed by atoms with van der Waals surface area (Å²) in [4.78, 5) is 24.3. The van der Waals surface area contributed by atoms with E-state index in [-0.39, 0.29) is 18.2 Å². The van der Waals surface area contributed by atoms with Gasteiger partial charge in [-0.3, -0.25) is 4.90 Å².